The molecule has 1 fully saturated rings. The number of nitrogens with one attached hydrogen (secondary N) is 2. The van der Waals surface area contributed by atoms with Crippen molar-refractivity contribution in [2.45, 2.75) is 75.2 Å². The summed E-state index contributed by atoms with van der Waals surface area (Å²) in [6.07, 6.45) is 7.47. The summed E-state index contributed by atoms with van der Waals surface area (Å²) >= 11 is 1.64. The number of nitrogens with zero attached hydrogens (tertiary/aromatic N) is 2. The molecule has 3 atom stereocenters. The monoisotopic (exact) mass is 657 g/mol. The number of hydrogen-bond donors (Lipinski definition) is 4. The summed E-state index contributed by atoms with van der Waals surface area (Å²) in [5, 5.41) is 16.3. The van der Waals surface area contributed by atoms with E-state index in [0.29, 0.717) is 42.1 Å². The first kappa shape index (κ1) is 34.2. The highest BCUT2D eigenvalue weighted by molar-refractivity contribution is 7.99. The Labute approximate surface area is 280 Å². The van der Waals surface area contributed by atoms with Gasteiger partial charge in [0.1, 0.15) is 0 Å². The number of aromatic nitrogens is 2. The van der Waals surface area contributed by atoms with Gasteiger partial charge in [-0.25, -0.2) is 4.98 Å². The summed E-state index contributed by atoms with van der Waals surface area (Å²) in [5.41, 5.74) is 10.4. The van der Waals surface area contributed by atoms with E-state index in [4.69, 9.17) is 15.2 Å². The van der Waals surface area contributed by atoms with Crippen molar-refractivity contribution in [3.05, 3.63) is 102 Å². The molecule has 10 nitrogen and oxygen atoms in total. The van der Waals surface area contributed by atoms with Crippen LogP contribution in [0.25, 0.3) is 0 Å². The van der Waals surface area contributed by atoms with Crippen molar-refractivity contribution < 1.29 is 24.2 Å². The fraction of sp³-hybridized carbons (Fsp3) is 0.361. The Morgan fingerprint density at radius 2 is 1.68 bits per heavy atom. The molecule has 1 aliphatic rings. The van der Waals surface area contributed by atoms with E-state index >= 15 is 0 Å². The number of imidazole rings is 1. The van der Waals surface area contributed by atoms with Gasteiger partial charge in [0.05, 0.1) is 30.2 Å². The number of unbranched alkanes of at least 4 members (excludes halogenated alkanes) is 3. The predicted octanol–water partition coefficient (Wildman–Crippen LogP) is 6.75. The first-order valence-corrected chi connectivity index (χ1v) is 17.0. The normalized spacial score (nSPS) is 17.7. The molecule has 0 saturated carbocycles. The molecule has 5 N–H and O–H groups in total. The number of carbonyl (C=O) groups excluding carboxylic acids is 2. The number of nitrogen functional groups attached to an aromatic ring is 1. The van der Waals surface area contributed by atoms with Crippen molar-refractivity contribution in [3.63, 3.8) is 0 Å². The molecule has 0 unspecified atom stereocenters. The van der Waals surface area contributed by atoms with Gasteiger partial charge in [-0.15, -0.1) is 0 Å². The smallest absolute Gasteiger partial charge is 0.224 e. The molecule has 47 heavy (non-hydrogen) atoms. The van der Waals surface area contributed by atoms with Crippen molar-refractivity contribution in [2.75, 3.05) is 22.1 Å². The van der Waals surface area contributed by atoms with Crippen LogP contribution in [-0.2, 0) is 32.7 Å². The summed E-state index contributed by atoms with van der Waals surface area (Å²) in [7, 11) is 1.97. The minimum Gasteiger partial charge on any atom is -0.397 e. The minimum absolute atomic E-state index is 0.0108. The second-order valence-corrected chi connectivity index (χ2v) is 12.7. The number of thioether (sulfide) groups is 1. The maximum absolute atomic E-state index is 12.8. The Kier molecular flexibility index (Phi) is 12.5. The van der Waals surface area contributed by atoms with Crippen LogP contribution in [0.15, 0.2) is 90.3 Å². The molecule has 1 aromatic heterocycles. The lowest BCUT2D eigenvalue weighted by Crippen LogP contribution is -2.31. The predicted molar refractivity (Wildman–Crippen MR) is 185 cm³/mol. The third-order valence-corrected chi connectivity index (χ3v) is 9.22. The molecule has 4 aromatic rings. The van der Waals surface area contributed by atoms with Gasteiger partial charge in [-0.3, -0.25) is 9.59 Å². The van der Waals surface area contributed by atoms with Gasteiger partial charge in [-0.05, 0) is 48.2 Å². The van der Waals surface area contributed by atoms with E-state index in [-0.39, 0.29) is 30.6 Å². The number of hydrogen-bond acceptors (Lipinski definition) is 8. The summed E-state index contributed by atoms with van der Waals surface area (Å²) in [4.78, 5) is 29.4. The van der Waals surface area contributed by atoms with E-state index in [1.54, 1.807) is 30.1 Å². The van der Waals surface area contributed by atoms with Gasteiger partial charge in [0.15, 0.2) is 11.4 Å². The van der Waals surface area contributed by atoms with E-state index in [2.05, 4.69) is 15.6 Å². The third-order valence-electron chi connectivity index (χ3n) is 8.03. The lowest BCUT2D eigenvalue weighted by Gasteiger charge is -2.36. The number of aryl methyl sites for hydroxylation is 1. The molecule has 0 radical (unpaired) electrons. The van der Waals surface area contributed by atoms with Crippen LogP contribution in [0.5, 0.6) is 0 Å². The Morgan fingerprint density at radius 1 is 0.936 bits per heavy atom. The Morgan fingerprint density at radius 3 is 2.38 bits per heavy atom. The van der Waals surface area contributed by atoms with Crippen LogP contribution < -0.4 is 16.4 Å². The van der Waals surface area contributed by atoms with Crippen molar-refractivity contribution in [2.24, 2.45) is 7.05 Å². The molecule has 3 aromatic carbocycles. The number of aliphatic hydroxyl groups excluding tert-OH is 1. The van der Waals surface area contributed by atoms with Crippen LogP contribution in [0, 0.1) is 0 Å². The molecule has 248 valence electrons. The topological polar surface area (TPSA) is 141 Å². The number of carbonyl (C=O) groups is 2. The maximum atomic E-state index is 12.8. The molecule has 5 rings (SSSR count). The molecule has 11 heteroatoms. The number of aliphatic hydroxyl groups is 1. The minimum atomic E-state index is -0.620. The lowest BCUT2D eigenvalue weighted by atomic mass is 10.0. The number of amides is 2. The summed E-state index contributed by atoms with van der Waals surface area (Å²) < 4.78 is 14.9. The molecule has 2 heterocycles. The van der Waals surface area contributed by atoms with Crippen LogP contribution in [0.2, 0.25) is 0 Å². The van der Waals surface area contributed by atoms with Gasteiger partial charge in [-0.2, -0.15) is 0 Å². The molecule has 1 aliphatic heterocycles. The van der Waals surface area contributed by atoms with Crippen LogP contribution in [0.1, 0.15) is 74.0 Å². The van der Waals surface area contributed by atoms with E-state index in [1.165, 1.54) is 0 Å². The molecule has 0 bridgehead atoms. The van der Waals surface area contributed by atoms with Crippen molar-refractivity contribution in [1.82, 2.24) is 9.55 Å². The van der Waals surface area contributed by atoms with Crippen LogP contribution in [-0.4, -0.2) is 38.3 Å². The van der Waals surface area contributed by atoms with Crippen LogP contribution in [0.4, 0.5) is 17.1 Å². The number of benzene rings is 3. The standard InChI is InChI=1S/C36H43N5O5S/c1-41-20-19-38-36(41)47-24-29-22-32(26-17-15-25(23-42)16-18-26)46-35(45-29)27-9-8-10-28(21-27)39-33(43)13-4-2-3-5-14-34(44)40-31-12-7-6-11-30(31)37/h6-12,15-21,29,32,35,42H,2-5,13-14,22-24,37H2,1H3,(H,39,43)(H,40,44)/t29-,32+,35+/m1/s1. The fourth-order valence-corrected chi connectivity index (χ4v) is 6.37. The SMILES string of the molecule is Cn1ccnc1SC[C@H]1C[C@@H](c2ccc(CO)cc2)O[C@@H](c2cccc(NC(=O)CCCCCCC(=O)Nc3ccccc3N)c2)O1. The summed E-state index contributed by atoms with van der Waals surface area (Å²) in [5.74, 6) is 0.588. The largest absolute Gasteiger partial charge is 0.397 e. The summed E-state index contributed by atoms with van der Waals surface area (Å²) in [6, 6.07) is 22.6. The van der Waals surface area contributed by atoms with Gasteiger partial charge in [-0.1, -0.05) is 73.1 Å². The fourth-order valence-electron chi connectivity index (χ4n) is 5.42. The van der Waals surface area contributed by atoms with E-state index < -0.39 is 6.29 Å². The average Bonchev–Trinajstić information content (AvgIpc) is 3.50. The van der Waals surface area contributed by atoms with E-state index in [9.17, 15) is 14.7 Å². The third kappa shape index (κ3) is 10.2. The first-order valence-electron chi connectivity index (χ1n) is 16.0. The number of rotatable bonds is 15. The van der Waals surface area contributed by atoms with Gasteiger partial charge in [0, 0.05) is 55.7 Å². The first-order chi connectivity index (χ1) is 22.9. The number of ether oxygens (including phenoxy) is 2. The number of nitrogens with two attached hydrogens (primary N) is 1. The van der Waals surface area contributed by atoms with E-state index in [0.717, 1.165) is 47.5 Å². The highest BCUT2D eigenvalue weighted by Crippen LogP contribution is 2.39. The Balaban J connectivity index is 1.11. The van der Waals surface area contributed by atoms with Crippen molar-refractivity contribution >= 4 is 40.6 Å². The Hall–Kier alpha value is -4.16. The Bertz CT molecular complexity index is 1610. The molecular weight excluding hydrogens is 614 g/mol. The second kappa shape index (κ2) is 17.1. The van der Waals surface area contributed by atoms with Gasteiger partial charge >= 0.3 is 0 Å². The lowest BCUT2D eigenvalue weighted by molar-refractivity contribution is -0.245. The molecule has 0 aliphatic carbocycles. The van der Waals surface area contributed by atoms with Crippen LogP contribution >= 0.6 is 11.8 Å². The highest BCUT2D eigenvalue weighted by Gasteiger charge is 2.32. The van der Waals surface area contributed by atoms with Gasteiger partial charge in [0.2, 0.25) is 11.8 Å². The molecule has 2 amide bonds. The highest BCUT2D eigenvalue weighted by atomic mass is 32.2. The molecular formula is C36H43N5O5S. The quantitative estimate of drug-likeness (QED) is 0.0625. The van der Waals surface area contributed by atoms with Crippen molar-refractivity contribution in [3.8, 4) is 0 Å². The number of anilines is 3. The summed E-state index contributed by atoms with van der Waals surface area (Å²) in [6.45, 7) is -0.0108. The number of para-hydroxylation sites is 2. The zero-order valence-electron chi connectivity index (χ0n) is 26.6. The zero-order chi connectivity index (χ0) is 33.0. The van der Waals surface area contributed by atoms with Crippen LogP contribution in [0.3, 0.4) is 0 Å². The van der Waals surface area contributed by atoms with E-state index in [1.807, 2.05) is 78.5 Å². The van der Waals surface area contributed by atoms with Gasteiger partial charge < -0.3 is 35.5 Å². The zero-order valence-corrected chi connectivity index (χ0v) is 27.5. The average molecular weight is 658 g/mol. The second-order valence-electron chi connectivity index (χ2n) is 11.7. The molecule has 0 spiro atoms. The van der Waals surface area contributed by atoms with Crippen molar-refractivity contribution in [1.29, 1.82) is 0 Å². The maximum Gasteiger partial charge on any atom is 0.224 e. The van der Waals surface area contributed by atoms with Gasteiger partial charge in [0.25, 0.3) is 0 Å². The molecule has 1 saturated heterocycles.